The molecule has 1 atom stereocenters. The van der Waals surface area contributed by atoms with E-state index >= 15 is 0 Å². The van der Waals surface area contributed by atoms with Gasteiger partial charge >= 0.3 is 16.3 Å². The fourth-order valence-corrected chi connectivity index (χ4v) is 2.28. The molecule has 2 N–H and O–H groups in total. The summed E-state index contributed by atoms with van der Waals surface area (Å²) in [7, 11) is -2.78. The molecule has 0 bridgehead atoms. The van der Waals surface area contributed by atoms with Crippen LogP contribution < -0.4 is 4.72 Å². The normalized spacial score (nSPS) is 23.4. The first-order chi connectivity index (χ1) is 6.45. The van der Waals surface area contributed by atoms with Crippen molar-refractivity contribution in [2.45, 2.75) is 12.5 Å². The summed E-state index contributed by atoms with van der Waals surface area (Å²) in [6.45, 7) is 0.208. The summed E-state index contributed by atoms with van der Waals surface area (Å²) in [4.78, 5) is 10.7. The van der Waals surface area contributed by atoms with Gasteiger partial charge in [0.25, 0.3) is 0 Å². The molecule has 1 aliphatic rings. The Balaban J connectivity index is 2.62. The highest BCUT2D eigenvalue weighted by Crippen LogP contribution is 2.11. The van der Waals surface area contributed by atoms with Crippen LogP contribution >= 0.6 is 0 Å². The van der Waals surface area contributed by atoms with Crippen molar-refractivity contribution >= 4 is 16.3 Å². The van der Waals surface area contributed by atoms with Gasteiger partial charge in [0.05, 0.1) is 13.2 Å². The summed E-state index contributed by atoms with van der Waals surface area (Å²) in [5, 5.41) is 9.10. The molecule has 14 heavy (non-hydrogen) atoms. The minimum Gasteiger partial charge on any atom is -0.452 e. The molecule has 1 aliphatic heterocycles. The molecule has 0 saturated carbocycles. The Morgan fingerprint density at radius 2 is 2.29 bits per heavy atom. The van der Waals surface area contributed by atoms with Gasteiger partial charge in [-0.15, -0.1) is 0 Å². The van der Waals surface area contributed by atoms with Gasteiger partial charge < -0.3 is 9.84 Å². The first kappa shape index (κ1) is 11.2. The lowest BCUT2D eigenvalue weighted by Crippen LogP contribution is -2.42. The van der Waals surface area contributed by atoms with Crippen LogP contribution in [0, 0.1) is 0 Å². The fraction of sp³-hybridized carbons (Fsp3) is 0.833. The van der Waals surface area contributed by atoms with Crippen molar-refractivity contribution in [2.75, 3.05) is 20.2 Å². The number of amides is 1. The molecule has 1 rings (SSSR count). The van der Waals surface area contributed by atoms with E-state index in [1.165, 1.54) is 0 Å². The van der Waals surface area contributed by atoms with Gasteiger partial charge in [-0.3, -0.25) is 0 Å². The number of β-amino-alcohol motifs (C(OH)–C–C–N with tert-alkyl or cyclic N) is 1. The van der Waals surface area contributed by atoms with E-state index in [-0.39, 0.29) is 13.1 Å². The maximum absolute atomic E-state index is 11.4. The molecule has 82 valence electrons. The molecule has 1 amide bonds. The Bertz CT molecular complexity index is 314. The average molecular weight is 224 g/mol. The molecular formula is C6H12N2O5S. The predicted molar refractivity (Wildman–Crippen MR) is 46.7 cm³/mol. The first-order valence-corrected chi connectivity index (χ1v) is 5.43. The molecule has 1 fully saturated rings. The summed E-state index contributed by atoms with van der Waals surface area (Å²) < 4.78 is 29.5. The molecule has 0 aliphatic carbocycles. The zero-order chi connectivity index (χ0) is 10.8. The average Bonchev–Trinajstić information content (AvgIpc) is 2.51. The summed E-state index contributed by atoms with van der Waals surface area (Å²) in [6, 6.07) is 0. The van der Waals surface area contributed by atoms with E-state index in [0.717, 1.165) is 11.4 Å². The Morgan fingerprint density at radius 3 is 2.71 bits per heavy atom. The number of ether oxygens (including phenoxy) is 1. The van der Waals surface area contributed by atoms with Crippen molar-refractivity contribution in [3.05, 3.63) is 0 Å². The van der Waals surface area contributed by atoms with Crippen LogP contribution in [0.4, 0.5) is 4.79 Å². The number of carbonyl (C=O) groups excluding carboxylic acids is 1. The van der Waals surface area contributed by atoms with Gasteiger partial charge in [0, 0.05) is 13.1 Å². The lowest BCUT2D eigenvalue weighted by Gasteiger charge is -2.15. The SMILES string of the molecule is COC(=O)NS(=O)(=O)N1CC[C@H](O)C1. The highest BCUT2D eigenvalue weighted by atomic mass is 32.2. The predicted octanol–water partition coefficient (Wildman–Crippen LogP) is -1.35. The third-order valence-electron chi connectivity index (χ3n) is 1.86. The molecule has 1 heterocycles. The van der Waals surface area contributed by atoms with E-state index < -0.39 is 22.4 Å². The van der Waals surface area contributed by atoms with Crippen molar-refractivity contribution in [3.63, 3.8) is 0 Å². The van der Waals surface area contributed by atoms with Gasteiger partial charge in [0.15, 0.2) is 0 Å². The van der Waals surface area contributed by atoms with Gasteiger partial charge in [-0.05, 0) is 6.42 Å². The van der Waals surface area contributed by atoms with Crippen LogP contribution in [0.15, 0.2) is 0 Å². The number of carbonyl (C=O) groups is 1. The standard InChI is InChI=1S/C6H12N2O5S/c1-13-6(10)7-14(11,12)8-3-2-5(9)4-8/h5,9H,2-4H2,1H3,(H,7,10)/t5-/m0/s1. The number of methoxy groups -OCH3 is 1. The van der Waals surface area contributed by atoms with Gasteiger partial charge in [-0.25, -0.2) is 9.52 Å². The summed E-state index contributed by atoms with van der Waals surface area (Å²) in [5.41, 5.74) is 0. The monoisotopic (exact) mass is 224 g/mol. The Hall–Kier alpha value is -0.860. The highest BCUT2D eigenvalue weighted by Gasteiger charge is 2.31. The van der Waals surface area contributed by atoms with Crippen molar-refractivity contribution < 1.29 is 23.1 Å². The maximum Gasteiger partial charge on any atom is 0.421 e. The van der Waals surface area contributed by atoms with E-state index in [1.54, 1.807) is 4.72 Å². The number of rotatable bonds is 2. The Morgan fingerprint density at radius 1 is 1.64 bits per heavy atom. The number of nitrogens with one attached hydrogen (secondary N) is 1. The zero-order valence-electron chi connectivity index (χ0n) is 7.63. The Kier molecular flexibility index (Phi) is 3.29. The number of aliphatic hydroxyl groups is 1. The molecule has 0 unspecified atom stereocenters. The summed E-state index contributed by atoms with van der Waals surface area (Å²) in [5.74, 6) is 0. The van der Waals surface area contributed by atoms with Crippen LogP contribution in [0.25, 0.3) is 0 Å². The molecule has 1 saturated heterocycles. The summed E-state index contributed by atoms with van der Waals surface area (Å²) >= 11 is 0. The molecule has 0 radical (unpaired) electrons. The van der Waals surface area contributed by atoms with Crippen molar-refractivity contribution in [1.82, 2.24) is 9.03 Å². The topological polar surface area (TPSA) is 95.9 Å². The highest BCUT2D eigenvalue weighted by molar-refractivity contribution is 7.87. The molecule has 0 aromatic heterocycles. The Labute approximate surface area is 81.8 Å². The quantitative estimate of drug-likeness (QED) is 0.605. The molecule has 7 nitrogen and oxygen atoms in total. The molecule has 0 aromatic rings. The lowest BCUT2D eigenvalue weighted by atomic mass is 10.3. The van der Waals surface area contributed by atoms with Gasteiger partial charge in [0.1, 0.15) is 0 Å². The second kappa shape index (κ2) is 4.11. The third kappa shape index (κ3) is 2.56. The molecule has 8 heteroatoms. The van der Waals surface area contributed by atoms with Gasteiger partial charge in [-0.1, -0.05) is 0 Å². The largest absolute Gasteiger partial charge is 0.452 e. The molecular weight excluding hydrogens is 212 g/mol. The van der Waals surface area contributed by atoms with Crippen molar-refractivity contribution in [3.8, 4) is 0 Å². The molecule has 0 spiro atoms. The number of nitrogens with zero attached hydrogens (tertiary/aromatic N) is 1. The third-order valence-corrected chi connectivity index (χ3v) is 3.30. The van der Waals surface area contributed by atoms with E-state index in [1.807, 2.05) is 0 Å². The van der Waals surface area contributed by atoms with Crippen LogP contribution in [0.3, 0.4) is 0 Å². The van der Waals surface area contributed by atoms with E-state index in [4.69, 9.17) is 5.11 Å². The number of aliphatic hydroxyl groups excluding tert-OH is 1. The van der Waals surface area contributed by atoms with Crippen LogP contribution in [-0.2, 0) is 14.9 Å². The van der Waals surface area contributed by atoms with E-state index in [2.05, 4.69) is 4.74 Å². The van der Waals surface area contributed by atoms with Crippen molar-refractivity contribution in [1.29, 1.82) is 0 Å². The second-order valence-electron chi connectivity index (χ2n) is 2.90. The van der Waals surface area contributed by atoms with Gasteiger partial charge in [-0.2, -0.15) is 12.7 Å². The summed E-state index contributed by atoms with van der Waals surface area (Å²) in [6.07, 6.45) is -1.32. The van der Waals surface area contributed by atoms with Crippen LogP contribution in [0.2, 0.25) is 0 Å². The second-order valence-corrected chi connectivity index (χ2v) is 4.57. The molecule has 0 aromatic carbocycles. The minimum atomic E-state index is -3.86. The number of hydrogen-bond donors (Lipinski definition) is 2. The van der Waals surface area contributed by atoms with Crippen LogP contribution in [0.1, 0.15) is 6.42 Å². The minimum absolute atomic E-state index is 0.00628. The maximum atomic E-state index is 11.4. The number of hydrogen-bond acceptors (Lipinski definition) is 5. The van der Waals surface area contributed by atoms with E-state index in [9.17, 15) is 13.2 Å². The van der Waals surface area contributed by atoms with Crippen LogP contribution in [-0.4, -0.2) is 50.2 Å². The van der Waals surface area contributed by atoms with Gasteiger partial charge in [0.2, 0.25) is 0 Å². The fourth-order valence-electron chi connectivity index (χ4n) is 1.14. The smallest absolute Gasteiger partial charge is 0.421 e. The lowest BCUT2D eigenvalue weighted by molar-refractivity contribution is 0.175. The van der Waals surface area contributed by atoms with E-state index in [0.29, 0.717) is 6.42 Å². The zero-order valence-corrected chi connectivity index (χ0v) is 8.45. The van der Waals surface area contributed by atoms with Crippen molar-refractivity contribution in [2.24, 2.45) is 0 Å². The van der Waals surface area contributed by atoms with Crippen LogP contribution in [0.5, 0.6) is 0 Å². The first-order valence-electron chi connectivity index (χ1n) is 3.99.